The molecule has 0 unspecified atom stereocenters. The first kappa shape index (κ1) is 16.1. The molecule has 9 heteroatoms. The van der Waals surface area contributed by atoms with Gasteiger partial charge in [-0.2, -0.15) is 0 Å². The number of anilines is 1. The highest BCUT2D eigenvalue weighted by Gasteiger charge is 2.22. The lowest BCUT2D eigenvalue weighted by Gasteiger charge is -2.10. The summed E-state index contributed by atoms with van der Waals surface area (Å²) in [5.41, 5.74) is -0.234. The maximum absolute atomic E-state index is 13.5. The fourth-order valence-electron chi connectivity index (χ4n) is 1.65. The Labute approximate surface area is 123 Å². The van der Waals surface area contributed by atoms with E-state index in [2.05, 4.69) is 4.74 Å². The van der Waals surface area contributed by atoms with Gasteiger partial charge in [0.2, 0.25) is 0 Å². The summed E-state index contributed by atoms with van der Waals surface area (Å²) in [7, 11) is -3.34. The van der Waals surface area contributed by atoms with Crippen molar-refractivity contribution >= 4 is 15.7 Å². The van der Waals surface area contributed by atoms with Crippen LogP contribution in [-0.4, -0.2) is 15.5 Å². The molecule has 0 radical (unpaired) electrons. The quantitative estimate of drug-likeness (QED) is 0.690. The van der Waals surface area contributed by atoms with Crippen LogP contribution in [0, 0.1) is 23.3 Å². The number of rotatable bonds is 4. The second kappa shape index (κ2) is 5.84. The van der Waals surface area contributed by atoms with Crippen LogP contribution in [0.1, 0.15) is 0 Å². The highest BCUT2D eigenvalue weighted by molar-refractivity contribution is 7.92. The fourth-order valence-corrected chi connectivity index (χ4v) is 2.77. The molecule has 4 nitrogen and oxygen atoms in total. The highest BCUT2D eigenvalue weighted by atomic mass is 32.2. The van der Waals surface area contributed by atoms with E-state index in [0.717, 1.165) is 18.2 Å². The summed E-state index contributed by atoms with van der Waals surface area (Å²) >= 11 is 0. The summed E-state index contributed by atoms with van der Waals surface area (Å²) in [6.07, 6.45) is 0. The topological polar surface area (TPSA) is 55.4 Å². The Morgan fingerprint density at radius 1 is 0.909 bits per heavy atom. The Morgan fingerprint density at radius 3 is 2.14 bits per heavy atom. The predicted octanol–water partition coefficient (Wildman–Crippen LogP) is 3.05. The molecule has 2 aromatic rings. The molecular formula is C13H9F4NO3S. The van der Waals surface area contributed by atoms with Gasteiger partial charge in [0.1, 0.15) is 10.7 Å². The largest absolute Gasteiger partial charge is 0.494 e. The maximum atomic E-state index is 13.5. The maximum Gasteiger partial charge on any atom is 0.264 e. The van der Waals surface area contributed by atoms with Crippen LogP contribution >= 0.6 is 0 Å². The Balaban J connectivity index is 2.40. The Kier molecular flexibility index (Phi) is 4.27. The van der Waals surface area contributed by atoms with Gasteiger partial charge in [-0.15, -0.1) is 0 Å². The average Bonchev–Trinajstić information content (AvgIpc) is 2.42. The van der Waals surface area contributed by atoms with Crippen molar-refractivity contribution in [3.8, 4) is 5.75 Å². The minimum Gasteiger partial charge on any atom is -0.494 e. The Hall–Kier alpha value is -2.29. The van der Waals surface area contributed by atoms with Gasteiger partial charge < -0.3 is 4.74 Å². The second-order valence-corrected chi connectivity index (χ2v) is 5.80. The molecule has 0 aliphatic rings. The number of benzene rings is 2. The SMILES string of the molecule is COc1ccc(NS(=O)(=O)c2cc(F)c(F)cc2F)cc1F. The minimum atomic E-state index is -4.56. The lowest BCUT2D eigenvalue weighted by Crippen LogP contribution is -2.15. The zero-order valence-corrected chi connectivity index (χ0v) is 11.8. The number of nitrogens with one attached hydrogen (secondary N) is 1. The third-order valence-electron chi connectivity index (χ3n) is 2.67. The molecule has 0 aromatic heterocycles. The van der Waals surface area contributed by atoms with Gasteiger partial charge in [0.25, 0.3) is 10.0 Å². The standard InChI is InChI=1S/C13H9F4NO3S/c1-21-12-3-2-7(4-10(12)16)18-22(19,20)13-6-9(15)8(14)5-11(13)17/h2-6,18H,1H3. The number of sulfonamides is 1. The fraction of sp³-hybridized carbons (Fsp3) is 0.0769. The lowest BCUT2D eigenvalue weighted by molar-refractivity contribution is 0.386. The normalized spacial score (nSPS) is 11.3. The third-order valence-corrected chi connectivity index (χ3v) is 4.06. The summed E-state index contributed by atoms with van der Waals surface area (Å²) in [5.74, 6) is -5.49. The van der Waals surface area contributed by atoms with Crippen molar-refractivity contribution in [2.24, 2.45) is 0 Å². The monoisotopic (exact) mass is 335 g/mol. The molecule has 0 saturated heterocycles. The van der Waals surface area contributed by atoms with Crippen LogP contribution in [0.3, 0.4) is 0 Å². The first-order valence-electron chi connectivity index (χ1n) is 5.75. The van der Waals surface area contributed by atoms with Crippen molar-refractivity contribution in [3.63, 3.8) is 0 Å². The zero-order valence-electron chi connectivity index (χ0n) is 11.0. The molecule has 0 fully saturated rings. The van der Waals surface area contributed by atoms with E-state index in [-0.39, 0.29) is 23.6 Å². The summed E-state index contributed by atoms with van der Waals surface area (Å²) in [6.45, 7) is 0. The molecule has 118 valence electrons. The molecule has 0 aliphatic carbocycles. The summed E-state index contributed by atoms with van der Waals surface area (Å²) < 4.78 is 83.3. The summed E-state index contributed by atoms with van der Waals surface area (Å²) in [5, 5.41) is 0. The van der Waals surface area contributed by atoms with Crippen LogP contribution in [0.4, 0.5) is 23.2 Å². The van der Waals surface area contributed by atoms with E-state index in [0.29, 0.717) is 0 Å². The molecular weight excluding hydrogens is 326 g/mol. The molecule has 0 spiro atoms. The Morgan fingerprint density at radius 2 is 1.55 bits per heavy atom. The smallest absolute Gasteiger partial charge is 0.264 e. The van der Waals surface area contributed by atoms with E-state index in [1.54, 1.807) is 0 Å². The Bertz CT molecular complexity index is 824. The van der Waals surface area contributed by atoms with Crippen molar-refractivity contribution in [1.29, 1.82) is 0 Å². The molecule has 22 heavy (non-hydrogen) atoms. The van der Waals surface area contributed by atoms with Gasteiger partial charge in [-0.3, -0.25) is 4.72 Å². The van der Waals surface area contributed by atoms with Crippen LogP contribution in [0.2, 0.25) is 0 Å². The first-order valence-corrected chi connectivity index (χ1v) is 7.24. The van der Waals surface area contributed by atoms with Gasteiger partial charge in [0.15, 0.2) is 23.2 Å². The molecule has 2 aromatic carbocycles. The number of hydrogen-bond acceptors (Lipinski definition) is 3. The van der Waals surface area contributed by atoms with E-state index >= 15 is 0 Å². The van der Waals surface area contributed by atoms with Gasteiger partial charge in [-0.1, -0.05) is 0 Å². The lowest BCUT2D eigenvalue weighted by atomic mass is 10.3. The zero-order chi connectivity index (χ0) is 16.5. The molecule has 2 rings (SSSR count). The first-order chi connectivity index (χ1) is 10.2. The number of ether oxygens (including phenoxy) is 1. The van der Waals surface area contributed by atoms with Gasteiger partial charge in [0.05, 0.1) is 12.8 Å². The average molecular weight is 335 g/mol. The van der Waals surface area contributed by atoms with Crippen LogP contribution in [0.5, 0.6) is 5.75 Å². The van der Waals surface area contributed by atoms with Crippen molar-refractivity contribution < 1.29 is 30.7 Å². The predicted molar refractivity (Wildman–Crippen MR) is 70.1 cm³/mol. The van der Waals surface area contributed by atoms with Crippen molar-refractivity contribution in [1.82, 2.24) is 0 Å². The van der Waals surface area contributed by atoms with Gasteiger partial charge in [-0.05, 0) is 12.1 Å². The third kappa shape index (κ3) is 3.14. The van der Waals surface area contributed by atoms with Crippen molar-refractivity contribution in [3.05, 3.63) is 53.6 Å². The van der Waals surface area contributed by atoms with Gasteiger partial charge in [-0.25, -0.2) is 26.0 Å². The molecule has 0 aliphatic heterocycles. The van der Waals surface area contributed by atoms with Gasteiger partial charge in [0, 0.05) is 18.2 Å². The molecule has 0 heterocycles. The van der Waals surface area contributed by atoms with Crippen LogP contribution < -0.4 is 9.46 Å². The molecule has 0 atom stereocenters. The van der Waals surface area contributed by atoms with Gasteiger partial charge >= 0.3 is 0 Å². The number of hydrogen-bond donors (Lipinski definition) is 1. The van der Waals surface area contributed by atoms with Crippen LogP contribution in [0.25, 0.3) is 0 Å². The summed E-state index contributed by atoms with van der Waals surface area (Å²) in [6, 6.07) is 3.42. The second-order valence-electron chi connectivity index (χ2n) is 4.15. The molecule has 1 N–H and O–H groups in total. The molecule has 0 amide bonds. The van der Waals surface area contributed by atoms with E-state index in [9.17, 15) is 26.0 Å². The van der Waals surface area contributed by atoms with E-state index in [4.69, 9.17) is 0 Å². The number of methoxy groups -OCH3 is 1. The molecule has 0 bridgehead atoms. The van der Waals surface area contributed by atoms with Crippen molar-refractivity contribution in [2.75, 3.05) is 11.8 Å². The van der Waals surface area contributed by atoms with E-state index in [1.165, 1.54) is 7.11 Å². The minimum absolute atomic E-state index is 0.110. The van der Waals surface area contributed by atoms with Crippen LogP contribution in [0.15, 0.2) is 35.2 Å². The van der Waals surface area contributed by atoms with Crippen LogP contribution in [-0.2, 0) is 10.0 Å². The number of halogens is 4. The highest BCUT2D eigenvalue weighted by Crippen LogP contribution is 2.25. The van der Waals surface area contributed by atoms with Crippen molar-refractivity contribution in [2.45, 2.75) is 4.90 Å². The van der Waals surface area contributed by atoms with E-state index < -0.39 is 38.2 Å². The van der Waals surface area contributed by atoms with E-state index in [1.807, 2.05) is 4.72 Å². The summed E-state index contributed by atoms with van der Waals surface area (Å²) in [4.78, 5) is -1.09. The molecule has 0 saturated carbocycles.